The van der Waals surface area contributed by atoms with Gasteiger partial charge in [0.25, 0.3) is 0 Å². The van der Waals surface area contributed by atoms with E-state index in [9.17, 15) is 24.6 Å². The molecule has 5 rings (SSSR count). The number of benzene rings is 2. The smallest absolute Gasteiger partial charge is 0.194 e. The number of ether oxygens (including phenoxy) is 2. The maximum absolute atomic E-state index is 13.8. The maximum Gasteiger partial charge on any atom is 0.194 e. The second-order valence-electron chi connectivity index (χ2n) is 9.32. The van der Waals surface area contributed by atoms with Crippen LogP contribution in [-0.2, 0) is 21.4 Å². The fourth-order valence-electron chi connectivity index (χ4n) is 5.09. The molecule has 2 aliphatic heterocycles. The van der Waals surface area contributed by atoms with Crippen LogP contribution in [0.1, 0.15) is 47.8 Å². The summed E-state index contributed by atoms with van der Waals surface area (Å²) in [5.41, 5.74) is -0.113. The Bertz CT molecular complexity index is 1380. The van der Waals surface area contributed by atoms with E-state index in [1.807, 2.05) is 24.3 Å². The number of phenols is 2. The van der Waals surface area contributed by atoms with Crippen LogP contribution in [0.3, 0.4) is 0 Å². The van der Waals surface area contributed by atoms with Crippen molar-refractivity contribution in [3.05, 3.63) is 69.6 Å². The minimum absolute atomic E-state index is 0.0106. The van der Waals surface area contributed by atoms with E-state index >= 15 is 0 Å². The number of rotatable bonds is 4. The number of para-hydroxylation sites is 1. The summed E-state index contributed by atoms with van der Waals surface area (Å²) < 4.78 is 11.7. The molecule has 1 aliphatic carbocycles. The van der Waals surface area contributed by atoms with Crippen LogP contribution in [0.15, 0.2) is 47.4 Å². The molecule has 3 aliphatic rings. The molecule has 35 heavy (non-hydrogen) atoms. The van der Waals surface area contributed by atoms with Crippen molar-refractivity contribution < 1.29 is 34.1 Å². The predicted octanol–water partition coefficient (Wildman–Crippen LogP) is 3.16. The molecule has 8 nitrogen and oxygen atoms in total. The molecule has 2 heterocycles. The number of carbonyl (C=O) groups excluding carboxylic acids is 3. The van der Waals surface area contributed by atoms with Crippen LogP contribution >= 0.6 is 0 Å². The first-order chi connectivity index (χ1) is 16.6. The Kier molecular flexibility index (Phi) is 5.01. The summed E-state index contributed by atoms with van der Waals surface area (Å²) >= 11 is 0. The van der Waals surface area contributed by atoms with Crippen molar-refractivity contribution >= 4 is 17.3 Å². The lowest BCUT2D eigenvalue weighted by atomic mass is 9.70. The number of Topliss-reactive ketones (excluding diaryl/α,β-unsaturated/α-hetero) is 2. The summed E-state index contributed by atoms with van der Waals surface area (Å²) in [5.74, 6) is -1.62. The molecule has 0 radical (unpaired) electrons. The van der Waals surface area contributed by atoms with Gasteiger partial charge in [0, 0.05) is 23.8 Å². The minimum Gasteiger partial charge on any atom is -0.507 e. The van der Waals surface area contributed by atoms with E-state index in [-0.39, 0.29) is 45.6 Å². The molecule has 0 amide bonds. The summed E-state index contributed by atoms with van der Waals surface area (Å²) in [6.45, 7) is 6.28. The Morgan fingerprint density at radius 3 is 2.57 bits per heavy atom. The summed E-state index contributed by atoms with van der Waals surface area (Å²) in [4.78, 5) is 39.1. The van der Waals surface area contributed by atoms with Gasteiger partial charge in [0.1, 0.15) is 45.8 Å². The van der Waals surface area contributed by atoms with E-state index in [1.165, 1.54) is 19.9 Å². The van der Waals surface area contributed by atoms with Gasteiger partial charge in [0.15, 0.2) is 17.3 Å². The summed E-state index contributed by atoms with van der Waals surface area (Å²) in [7, 11) is 0. The number of allylic oxidation sites excluding steroid dienone is 4. The van der Waals surface area contributed by atoms with Crippen molar-refractivity contribution in [1.82, 2.24) is 5.32 Å². The normalized spacial score (nSPS) is 23.5. The lowest BCUT2D eigenvalue weighted by Gasteiger charge is -2.29. The van der Waals surface area contributed by atoms with Gasteiger partial charge in [0.05, 0.1) is 17.7 Å². The number of aromatic hydroxyl groups is 2. The zero-order valence-electron chi connectivity index (χ0n) is 19.8. The summed E-state index contributed by atoms with van der Waals surface area (Å²) in [6, 6.07) is 7.76. The van der Waals surface area contributed by atoms with Gasteiger partial charge in [-0.05, 0) is 39.3 Å². The van der Waals surface area contributed by atoms with Crippen LogP contribution in [-0.4, -0.2) is 40.2 Å². The molecule has 180 valence electrons. The van der Waals surface area contributed by atoms with Crippen LogP contribution in [0.4, 0.5) is 0 Å². The lowest BCUT2D eigenvalue weighted by molar-refractivity contribution is -0.123. The maximum atomic E-state index is 13.8. The average Bonchev–Trinajstić information content (AvgIpc) is 3.35. The van der Waals surface area contributed by atoms with Gasteiger partial charge in [-0.1, -0.05) is 18.2 Å². The van der Waals surface area contributed by atoms with Gasteiger partial charge in [-0.2, -0.15) is 0 Å². The van der Waals surface area contributed by atoms with Crippen molar-refractivity contribution in [1.29, 1.82) is 0 Å². The fourth-order valence-corrected chi connectivity index (χ4v) is 5.09. The summed E-state index contributed by atoms with van der Waals surface area (Å²) in [6.07, 6.45) is 1.77. The second-order valence-corrected chi connectivity index (χ2v) is 9.32. The van der Waals surface area contributed by atoms with Gasteiger partial charge in [0.2, 0.25) is 0 Å². The topological polar surface area (TPSA) is 122 Å². The Labute approximate surface area is 201 Å². The molecular weight excluding hydrogens is 450 g/mol. The highest BCUT2D eigenvalue weighted by Gasteiger charge is 2.56. The monoisotopic (exact) mass is 475 g/mol. The number of nitrogens with one attached hydrogen (secondary N) is 1. The molecule has 0 bridgehead atoms. The second kappa shape index (κ2) is 7.73. The van der Waals surface area contributed by atoms with Crippen LogP contribution in [0.25, 0.3) is 0 Å². The van der Waals surface area contributed by atoms with Crippen LogP contribution in [0.2, 0.25) is 0 Å². The van der Waals surface area contributed by atoms with Crippen molar-refractivity contribution in [2.24, 2.45) is 0 Å². The Hall–Kier alpha value is -4.07. The van der Waals surface area contributed by atoms with Gasteiger partial charge < -0.3 is 25.0 Å². The molecule has 8 heteroatoms. The average molecular weight is 475 g/mol. The molecule has 0 aromatic heterocycles. The van der Waals surface area contributed by atoms with E-state index in [2.05, 4.69) is 5.32 Å². The van der Waals surface area contributed by atoms with Crippen molar-refractivity contribution in [2.45, 2.75) is 45.6 Å². The first kappa shape index (κ1) is 22.7. The number of ketones is 3. The zero-order chi connectivity index (χ0) is 25.2. The molecule has 2 aromatic carbocycles. The molecule has 0 spiro atoms. The van der Waals surface area contributed by atoms with E-state index in [4.69, 9.17) is 9.47 Å². The molecule has 0 saturated heterocycles. The predicted molar refractivity (Wildman–Crippen MR) is 126 cm³/mol. The van der Waals surface area contributed by atoms with Gasteiger partial charge >= 0.3 is 0 Å². The molecule has 0 fully saturated rings. The third-order valence-electron chi connectivity index (χ3n) is 7.07. The van der Waals surface area contributed by atoms with Gasteiger partial charge in [-0.25, -0.2) is 0 Å². The molecule has 2 unspecified atom stereocenters. The first-order valence-corrected chi connectivity index (χ1v) is 11.3. The molecule has 3 N–H and O–H groups in total. The van der Waals surface area contributed by atoms with Crippen molar-refractivity contribution in [3.63, 3.8) is 0 Å². The highest BCUT2D eigenvalue weighted by molar-refractivity contribution is 6.31. The third kappa shape index (κ3) is 3.16. The molecule has 2 aromatic rings. The van der Waals surface area contributed by atoms with Crippen molar-refractivity contribution in [3.8, 4) is 23.0 Å². The number of hydrogen-bond acceptors (Lipinski definition) is 8. The Morgan fingerprint density at radius 1 is 1.17 bits per heavy atom. The van der Waals surface area contributed by atoms with Crippen LogP contribution < -0.4 is 14.8 Å². The number of hydrogen-bond donors (Lipinski definition) is 3. The van der Waals surface area contributed by atoms with Crippen LogP contribution in [0, 0.1) is 6.92 Å². The van der Waals surface area contributed by atoms with E-state index in [0.717, 1.165) is 11.3 Å². The standard InChI is InChI=1S/C27H25NO7/c1-12-23(31)21(14(3)29)25-22(24(12)32)27(4)19(35-25)10-17(30)20(26(27)33)13(2)28-11-16-9-15-7-5-6-8-18(15)34-16/h5-8,10,16,28,31-32H,9,11H2,1-4H3. The lowest BCUT2D eigenvalue weighted by Crippen LogP contribution is -2.41. The number of fused-ring (bicyclic) bond motifs is 4. The number of phenolic OH excluding ortho intramolecular Hbond substituents is 2. The number of carbonyl (C=O) groups is 3. The Morgan fingerprint density at radius 2 is 1.89 bits per heavy atom. The first-order valence-electron chi connectivity index (χ1n) is 11.3. The molecule has 0 saturated carbocycles. The zero-order valence-corrected chi connectivity index (χ0v) is 19.8. The summed E-state index contributed by atoms with van der Waals surface area (Å²) in [5, 5.41) is 24.5. The SMILES string of the molecule is CC(=O)c1c(O)c(C)c(O)c2c1OC1=CC(=O)C(=C(C)NCC3Cc4ccccc4O3)C(=O)C12C. The molecular formula is C27H25NO7. The highest BCUT2D eigenvalue weighted by Crippen LogP contribution is 2.57. The third-order valence-corrected chi connectivity index (χ3v) is 7.07. The minimum atomic E-state index is -1.53. The van der Waals surface area contributed by atoms with E-state index in [1.54, 1.807) is 13.8 Å². The quantitative estimate of drug-likeness (QED) is 0.350. The molecule has 2 atom stereocenters. The Balaban J connectivity index is 1.51. The van der Waals surface area contributed by atoms with Gasteiger partial charge in [-0.15, -0.1) is 0 Å². The highest BCUT2D eigenvalue weighted by atomic mass is 16.5. The van der Waals surface area contributed by atoms with E-state index < -0.39 is 28.5 Å². The van der Waals surface area contributed by atoms with Gasteiger partial charge in [-0.3, -0.25) is 14.4 Å². The fraction of sp³-hybridized carbons (Fsp3) is 0.296. The van der Waals surface area contributed by atoms with Crippen LogP contribution in [0.5, 0.6) is 23.0 Å². The van der Waals surface area contributed by atoms with E-state index in [0.29, 0.717) is 18.7 Å². The largest absolute Gasteiger partial charge is 0.507 e. The van der Waals surface area contributed by atoms with Crippen molar-refractivity contribution in [2.75, 3.05) is 6.54 Å².